The maximum Gasteiger partial charge on any atom is 0.217 e. The first-order valence-electron chi connectivity index (χ1n) is 7.73. The summed E-state index contributed by atoms with van der Waals surface area (Å²) < 4.78 is 13.9. The SMILES string of the molecule is CC(=O)N[C@@H](C)c1ccc(C2CN(c3ncnc(Cl)c3F)C2)cc1. The Bertz CT molecular complexity index is 747. The van der Waals surface area contributed by atoms with Crippen LogP contribution in [-0.4, -0.2) is 29.0 Å². The normalized spacial score (nSPS) is 15.8. The molecule has 1 saturated heterocycles. The van der Waals surface area contributed by atoms with Crippen molar-refractivity contribution in [3.8, 4) is 0 Å². The lowest BCUT2D eigenvalue weighted by Gasteiger charge is -2.40. The second-order valence-corrected chi connectivity index (χ2v) is 6.35. The Balaban J connectivity index is 1.64. The number of hydrogen-bond donors (Lipinski definition) is 1. The smallest absolute Gasteiger partial charge is 0.217 e. The number of amides is 1. The summed E-state index contributed by atoms with van der Waals surface area (Å²) in [6.45, 7) is 4.82. The van der Waals surface area contributed by atoms with E-state index in [-0.39, 0.29) is 22.9 Å². The molecule has 1 aromatic heterocycles. The molecule has 1 amide bonds. The van der Waals surface area contributed by atoms with Gasteiger partial charge in [-0.15, -0.1) is 0 Å². The number of halogens is 2. The number of carbonyl (C=O) groups excluding carboxylic acids is 1. The lowest BCUT2D eigenvalue weighted by atomic mass is 9.90. The topological polar surface area (TPSA) is 58.1 Å². The van der Waals surface area contributed by atoms with Gasteiger partial charge >= 0.3 is 0 Å². The number of hydrogen-bond acceptors (Lipinski definition) is 4. The van der Waals surface area contributed by atoms with Gasteiger partial charge in [-0.3, -0.25) is 4.79 Å². The zero-order valence-electron chi connectivity index (χ0n) is 13.5. The van der Waals surface area contributed by atoms with Gasteiger partial charge in [0.15, 0.2) is 11.0 Å². The molecule has 126 valence electrons. The van der Waals surface area contributed by atoms with Crippen LogP contribution in [0, 0.1) is 5.82 Å². The predicted molar refractivity (Wildman–Crippen MR) is 90.6 cm³/mol. The first-order chi connectivity index (χ1) is 11.5. The third-order valence-electron chi connectivity index (χ3n) is 4.24. The van der Waals surface area contributed by atoms with Gasteiger partial charge in [-0.1, -0.05) is 35.9 Å². The number of nitrogens with one attached hydrogen (secondary N) is 1. The van der Waals surface area contributed by atoms with Gasteiger partial charge in [0, 0.05) is 25.9 Å². The van der Waals surface area contributed by atoms with E-state index >= 15 is 0 Å². The highest BCUT2D eigenvalue weighted by Gasteiger charge is 2.31. The molecule has 2 heterocycles. The summed E-state index contributed by atoms with van der Waals surface area (Å²) in [4.78, 5) is 20.6. The molecular weight excluding hydrogens is 331 g/mol. The highest BCUT2D eigenvalue weighted by molar-refractivity contribution is 6.29. The molecule has 7 heteroatoms. The van der Waals surface area contributed by atoms with Crippen LogP contribution in [-0.2, 0) is 4.79 Å². The third kappa shape index (κ3) is 3.33. The second-order valence-electron chi connectivity index (χ2n) is 5.99. The van der Waals surface area contributed by atoms with Crippen molar-refractivity contribution >= 4 is 23.3 Å². The molecule has 0 bridgehead atoms. The molecule has 0 unspecified atom stereocenters. The lowest BCUT2D eigenvalue weighted by molar-refractivity contribution is -0.119. The fraction of sp³-hybridized carbons (Fsp3) is 0.353. The number of carbonyl (C=O) groups is 1. The van der Waals surface area contributed by atoms with Crippen LogP contribution >= 0.6 is 11.6 Å². The summed E-state index contributed by atoms with van der Waals surface area (Å²) in [5.74, 6) is -0.0470. The Morgan fingerprint density at radius 1 is 1.33 bits per heavy atom. The van der Waals surface area contributed by atoms with Gasteiger partial charge in [0.1, 0.15) is 6.33 Å². The Labute approximate surface area is 144 Å². The van der Waals surface area contributed by atoms with Gasteiger partial charge in [-0.05, 0) is 18.1 Å². The number of rotatable bonds is 4. The van der Waals surface area contributed by atoms with Crippen LogP contribution in [0.3, 0.4) is 0 Å². The van der Waals surface area contributed by atoms with Crippen molar-refractivity contribution in [1.82, 2.24) is 15.3 Å². The fourth-order valence-electron chi connectivity index (χ4n) is 2.87. The highest BCUT2D eigenvalue weighted by Crippen LogP contribution is 2.33. The summed E-state index contributed by atoms with van der Waals surface area (Å²) in [5.41, 5.74) is 2.24. The van der Waals surface area contributed by atoms with Gasteiger partial charge in [0.25, 0.3) is 0 Å². The van der Waals surface area contributed by atoms with Crippen molar-refractivity contribution in [2.24, 2.45) is 0 Å². The van der Waals surface area contributed by atoms with E-state index in [4.69, 9.17) is 11.6 Å². The third-order valence-corrected chi connectivity index (χ3v) is 4.50. The molecule has 1 fully saturated rings. The van der Waals surface area contributed by atoms with Crippen molar-refractivity contribution in [2.75, 3.05) is 18.0 Å². The van der Waals surface area contributed by atoms with Crippen LogP contribution in [0.25, 0.3) is 0 Å². The highest BCUT2D eigenvalue weighted by atomic mass is 35.5. The maximum atomic E-state index is 13.9. The Hall–Kier alpha value is -2.21. The lowest BCUT2D eigenvalue weighted by Crippen LogP contribution is -2.46. The number of aromatic nitrogens is 2. The molecule has 0 saturated carbocycles. The van der Waals surface area contributed by atoms with E-state index in [1.54, 1.807) is 0 Å². The van der Waals surface area contributed by atoms with Crippen LogP contribution < -0.4 is 10.2 Å². The molecule has 1 N–H and O–H groups in total. The van der Waals surface area contributed by atoms with E-state index in [0.717, 1.165) is 5.56 Å². The van der Waals surface area contributed by atoms with Gasteiger partial charge in [0.2, 0.25) is 11.7 Å². The van der Waals surface area contributed by atoms with E-state index in [1.807, 2.05) is 24.0 Å². The average molecular weight is 349 g/mol. The Kier molecular flexibility index (Phi) is 4.66. The first-order valence-corrected chi connectivity index (χ1v) is 8.11. The Morgan fingerprint density at radius 2 is 2.00 bits per heavy atom. The van der Waals surface area contributed by atoms with E-state index < -0.39 is 5.82 Å². The zero-order chi connectivity index (χ0) is 17.3. The molecule has 5 nitrogen and oxygen atoms in total. The second kappa shape index (κ2) is 6.73. The maximum absolute atomic E-state index is 13.9. The average Bonchev–Trinajstić information content (AvgIpc) is 2.50. The molecule has 1 aliphatic heterocycles. The molecule has 0 aliphatic carbocycles. The van der Waals surface area contributed by atoms with Crippen LogP contribution in [0.4, 0.5) is 10.2 Å². The number of benzene rings is 1. The monoisotopic (exact) mass is 348 g/mol. The summed E-state index contributed by atoms with van der Waals surface area (Å²) >= 11 is 5.69. The molecule has 24 heavy (non-hydrogen) atoms. The first kappa shape index (κ1) is 16.6. The summed E-state index contributed by atoms with van der Waals surface area (Å²) in [5, 5.41) is 2.71. The van der Waals surface area contributed by atoms with E-state index in [2.05, 4.69) is 27.4 Å². The van der Waals surface area contributed by atoms with Crippen molar-refractivity contribution in [1.29, 1.82) is 0 Å². The van der Waals surface area contributed by atoms with Crippen molar-refractivity contribution in [3.05, 3.63) is 52.7 Å². The largest absolute Gasteiger partial charge is 0.353 e. The van der Waals surface area contributed by atoms with Crippen molar-refractivity contribution in [3.63, 3.8) is 0 Å². The van der Waals surface area contributed by atoms with Gasteiger partial charge < -0.3 is 10.2 Å². The minimum Gasteiger partial charge on any atom is -0.353 e. The molecule has 2 aromatic rings. The van der Waals surface area contributed by atoms with Crippen molar-refractivity contribution in [2.45, 2.75) is 25.8 Å². The predicted octanol–water partition coefficient (Wildman–Crippen LogP) is 3.07. The molecule has 0 spiro atoms. The van der Waals surface area contributed by atoms with Crippen LogP contribution in [0.2, 0.25) is 5.15 Å². The molecule has 1 aromatic carbocycles. The van der Waals surface area contributed by atoms with Crippen LogP contribution in [0.5, 0.6) is 0 Å². The van der Waals surface area contributed by atoms with E-state index in [1.165, 1.54) is 18.8 Å². The molecular formula is C17H18ClFN4O. The minimum atomic E-state index is -0.572. The molecule has 1 atom stereocenters. The van der Waals surface area contributed by atoms with Crippen LogP contribution in [0.15, 0.2) is 30.6 Å². The van der Waals surface area contributed by atoms with Gasteiger partial charge in [-0.2, -0.15) is 4.39 Å². The Morgan fingerprint density at radius 3 is 2.62 bits per heavy atom. The number of anilines is 1. The zero-order valence-corrected chi connectivity index (χ0v) is 14.2. The summed E-state index contributed by atoms with van der Waals surface area (Å²) in [6, 6.07) is 8.12. The molecule has 0 radical (unpaired) electrons. The quantitative estimate of drug-likeness (QED) is 0.863. The van der Waals surface area contributed by atoms with Crippen molar-refractivity contribution < 1.29 is 9.18 Å². The summed E-state index contributed by atoms with van der Waals surface area (Å²) in [6.07, 6.45) is 1.27. The van der Waals surface area contributed by atoms with Gasteiger partial charge in [-0.25, -0.2) is 9.97 Å². The molecule has 3 rings (SSSR count). The van der Waals surface area contributed by atoms with E-state index in [9.17, 15) is 9.18 Å². The fourth-order valence-corrected chi connectivity index (χ4v) is 3.00. The standard InChI is InChI=1S/C17H18ClFN4O/c1-10(22-11(2)24)12-3-5-13(6-4-12)14-7-23(8-14)17-15(19)16(18)20-9-21-17/h3-6,9-10,14H,7-8H2,1-2H3,(H,22,24)/t10-/m0/s1. The van der Waals surface area contributed by atoms with Gasteiger partial charge in [0.05, 0.1) is 6.04 Å². The van der Waals surface area contributed by atoms with E-state index in [0.29, 0.717) is 19.0 Å². The minimum absolute atomic E-state index is 0.0216. The number of nitrogens with zero attached hydrogens (tertiary/aromatic N) is 3. The molecule has 1 aliphatic rings. The van der Waals surface area contributed by atoms with Crippen LogP contribution in [0.1, 0.15) is 36.9 Å². The summed E-state index contributed by atoms with van der Waals surface area (Å²) in [7, 11) is 0.